The van der Waals surface area contributed by atoms with Gasteiger partial charge in [0.15, 0.2) is 0 Å². The fourth-order valence-corrected chi connectivity index (χ4v) is 1.28. The Morgan fingerprint density at radius 1 is 1.27 bits per heavy atom. The molecule has 0 radical (unpaired) electrons. The van der Waals surface area contributed by atoms with Crippen LogP contribution in [0.4, 0.5) is 0 Å². The van der Waals surface area contributed by atoms with Gasteiger partial charge in [-0.25, -0.2) is 0 Å². The minimum atomic E-state index is 0.581. The Kier molecular flexibility index (Phi) is 5.98. The van der Waals surface area contributed by atoms with Gasteiger partial charge >= 0.3 is 0 Å². The van der Waals surface area contributed by atoms with E-state index in [-0.39, 0.29) is 0 Å². The molecular formula is C11H12Br2O2. The third kappa shape index (κ3) is 5.35. The molecule has 1 aromatic rings. The van der Waals surface area contributed by atoms with E-state index in [1.165, 1.54) is 0 Å². The molecule has 0 aliphatic carbocycles. The van der Waals surface area contributed by atoms with Crippen molar-refractivity contribution in [2.45, 2.75) is 6.61 Å². The molecule has 1 rings (SSSR count). The van der Waals surface area contributed by atoms with Crippen LogP contribution in [-0.2, 0) is 11.3 Å². The largest absolute Gasteiger partial charge is 0.497 e. The molecule has 0 bridgehead atoms. The maximum absolute atomic E-state index is 5.43. The SMILES string of the molecule is COc1ccc(COCC=C(Br)Br)cc1. The van der Waals surface area contributed by atoms with Gasteiger partial charge in [0.05, 0.1) is 23.7 Å². The Balaban J connectivity index is 2.35. The maximum Gasteiger partial charge on any atom is 0.118 e. The molecule has 0 unspecified atom stereocenters. The Morgan fingerprint density at radius 3 is 2.47 bits per heavy atom. The number of rotatable bonds is 5. The van der Waals surface area contributed by atoms with Crippen molar-refractivity contribution in [2.75, 3.05) is 13.7 Å². The number of benzene rings is 1. The highest BCUT2D eigenvalue weighted by atomic mass is 79.9. The average Bonchev–Trinajstić information content (AvgIpc) is 2.25. The lowest BCUT2D eigenvalue weighted by atomic mass is 10.2. The second-order valence-electron chi connectivity index (χ2n) is 2.86. The summed E-state index contributed by atoms with van der Waals surface area (Å²) in [6.07, 6.45) is 1.91. The predicted molar refractivity (Wildman–Crippen MR) is 68.6 cm³/mol. The number of hydrogen-bond donors (Lipinski definition) is 0. The van der Waals surface area contributed by atoms with Gasteiger partial charge in [-0.05, 0) is 55.6 Å². The lowest BCUT2D eigenvalue weighted by molar-refractivity contribution is 0.148. The second-order valence-corrected chi connectivity index (χ2v) is 5.63. The Labute approximate surface area is 107 Å². The normalized spacial score (nSPS) is 9.80. The summed E-state index contributed by atoms with van der Waals surface area (Å²) in [6, 6.07) is 7.83. The molecule has 0 amide bonds. The van der Waals surface area contributed by atoms with Crippen LogP contribution in [0.25, 0.3) is 0 Å². The molecule has 15 heavy (non-hydrogen) atoms. The van der Waals surface area contributed by atoms with E-state index < -0.39 is 0 Å². The van der Waals surface area contributed by atoms with Crippen LogP contribution in [0.3, 0.4) is 0 Å². The smallest absolute Gasteiger partial charge is 0.118 e. The summed E-state index contributed by atoms with van der Waals surface area (Å²) in [6.45, 7) is 1.19. The monoisotopic (exact) mass is 334 g/mol. The van der Waals surface area contributed by atoms with Crippen molar-refractivity contribution >= 4 is 31.9 Å². The lowest BCUT2D eigenvalue weighted by Gasteiger charge is -2.03. The van der Waals surface area contributed by atoms with Crippen molar-refractivity contribution in [3.05, 3.63) is 39.3 Å². The molecule has 0 spiro atoms. The first-order valence-corrected chi connectivity index (χ1v) is 6.03. The summed E-state index contributed by atoms with van der Waals surface area (Å²) >= 11 is 6.52. The lowest BCUT2D eigenvalue weighted by Crippen LogP contribution is -1.93. The minimum Gasteiger partial charge on any atom is -0.497 e. The molecule has 0 saturated heterocycles. The zero-order chi connectivity index (χ0) is 11.1. The minimum absolute atomic E-state index is 0.581. The first-order chi connectivity index (χ1) is 7.22. The molecule has 0 fully saturated rings. The van der Waals surface area contributed by atoms with E-state index in [4.69, 9.17) is 9.47 Å². The fourth-order valence-electron chi connectivity index (χ4n) is 1.02. The van der Waals surface area contributed by atoms with E-state index in [0.29, 0.717) is 13.2 Å². The van der Waals surface area contributed by atoms with Gasteiger partial charge in [-0.2, -0.15) is 0 Å². The van der Waals surface area contributed by atoms with Gasteiger partial charge in [-0.3, -0.25) is 0 Å². The summed E-state index contributed by atoms with van der Waals surface area (Å²) < 4.78 is 11.4. The average molecular weight is 336 g/mol. The third-order valence-electron chi connectivity index (χ3n) is 1.78. The Bertz CT molecular complexity index is 316. The van der Waals surface area contributed by atoms with Gasteiger partial charge in [-0.15, -0.1) is 0 Å². The van der Waals surface area contributed by atoms with Gasteiger partial charge in [0.25, 0.3) is 0 Å². The summed E-state index contributed by atoms with van der Waals surface area (Å²) in [5.74, 6) is 0.863. The van der Waals surface area contributed by atoms with Crippen molar-refractivity contribution < 1.29 is 9.47 Å². The predicted octanol–water partition coefficient (Wildman–Crippen LogP) is 3.84. The van der Waals surface area contributed by atoms with Crippen LogP contribution in [0.15, 0.2) is 33.7 Å². The highest BCUT2D eigenvalue weighted by Crippen LogP contribution is 2.13. The topological polar surface area (TPSA) is 18.5 Å². The highest BCUT2D eigenvalue weighted by molar-refractivity contribution is 9.28. The molecule has 82 valence electrons. The van der Waals surface area contributed by atoms with Gasteiger partial charge in [0, 0.05) is 0 Å². The van der Waals surface area contributed by atoms with Gasteiger partial charge < -0.3 is 9.47 Å². The highest BCUT2D eigenvalue weighted by Gasteiger charge is 1.94. The van der Waals surface area contributed by atoms with Crippen molar-refractivity contribution in [3.8, 4) is 5.75 Å². The van der Waals surface area contributed by atoms with Crippen LogP contribution in [0.5, 0.6) is 5.75 Å². The molecule has 0 saturated carbocycles. The number of halogens is 2. The van der Waals surface area contributed by atoms with Crippen molar-refractivity contribution in [1.82, 2.24) is 0 Å². The summed E-state index contributed by atoms with van der Waals surface area (Å²) in [5.41, 5.74) is 1.13. The maximum atomic E-state index is 5.43. The van der Waals surface area contributed by atoms with Crippen molar-refractivity contribution in [3.63, 3.8) is 0 Å². The first kappa shape index (κ1) is 12.7. The summed E-state index contributed by atoms with van der Waals surface area (Å²) in [5, 5.41) is 0. The molecule has 0 aliphatic heterocycles. The van der Waals surface area contributed by atoms with E-state index in [2.05, 4.69) is 31.9 Å². The Morgan fingerprint density at radius 2 is 1.93 bits per heavy atom. The molecule has 0 N–H and O–H groups in total. The first-order valence-electron chi connectivity index (χ1n) is 4.44. The van der Waals surface area contributed by atoms with Crippen LogP contribution >= 0.6 is 31.9 Å². The van der Waals surface area contributed by atoms with E-state index in [9.17, 15) is 0 Å². The van der Waals surface area contributed by atoms with Crippen molar-refractivity contribution in [2.24, 2.45) is 0 Å². The van der Waals surface area contributed by atoms with E-state index in [1.54, 1.807) is 7.11 Å². The molecule has 0 atom stereocenters. The van der Waals surface area contributed by atoms with Crippen LogP contribution in [0.2, 0.25) is 0 Å². The van der Waals surface area contributed by atoms with Crippen LogP contribution in [-0.4, -0.2) is 13.7 Å². The van der Waals surface area contributed by atoms with E-state index >= 15 is 0 Å². The zero-order valence-electron chi connectivity index (χ0n) is 8.37. The van der Waals surface area contributed by atoms with Crippen LogP contribution in [0.1, 0.15) is 5.56 Å². The standard InChI is InChI=1S/C11H12Br2O2/c1-14-10-4-2-9(3-5-10)8-15-7-6-11(12)13/h2-6H,7-8H2,1H3. The Hall–Kier alpha value is -0.320. The van der Waals surface area contributed by atoms with Gasteiger partial charge in [0.2, 0.25) is 0 Å². The third-order valence-corrected chi connectivity index (χ3v) is 2.43. The van der Waals surface area contributed by atoms with Gasteiger partial charge in [0.1, 0.15) is 5.75 Å². The van der Waals surface area contributed by atoms with Crippen LogP contribution < -0.4 is 4.74 Å². The molecule has 1 aromatic carbocycles. The van der Waals surface area contributed by atoms with Crippen molar-refractivity contribution in [1.29, 1.82) is 0 Å². The van der Waals surface area contributed by atoms with Crippen LogP contribution in [0, 0.1) is 0 Å². The summed E-state index contributed by atoms with van der Waals surface area (Å²) in [7, 11) is 1.66. The zero-order valence-corrected chi connectivity index (χ0v) is 11.5. The second kappa shape index (κ2) is 7.04. The summed E-state index contributed by atoms with van der Waals surface area (Å²) in [4.78, 5) is 0. The number of ether oxygens (including phenoxy) is 2. The quantitative estimate of drug-likeness (QED) is 0.761. The van der Waals surface area contributed by atoms with E-state index in [1.807, 2.05) is 30.3 Å². The molecule has 0 aliphatic rings. The number of methoxy groups -OCH3 is 1. The van der Waals surface area contributed by atoms with E-state index in [0.717, 1.165) is 14.7 Å². The molecule has 0 aromatic heterocycles. The van der Waals surface area contributed by atoms with Gasteiger partial charge in [-0.1, -0.05) is 12.1 Å². The fraction of sp³-hybridized carbons (Fsp3) is 0.273. The molecule has 4 heteroatoms. The molecule has 2 nitrogen and oxygen atoms in total. The molecular weight excluding hydrogens is 324 g/mol. The number of hydrogen-bond acceptors (Lipinski definition) is 2. The molecule has 0 heterocycles.